The van der Waals surface area contributed by atoms with Gasteiger partial charge in [-0.1, -0.05) is 217 Å². The fraction of sp³-hybridized carbons (Fsp3) is 0.830. The largest absolute Gasteiger partial charge is 0.472 e. The predicted molar refractivity (Wildman–Crippen MR) is 267 cm³/mol. The van der Waals surface area contributed by atoms with Gasteiger partial charge in [-0.15, -0.1) is 0 Å². The number of likely N-dealkylation sites (N-methyl/N-ethyl adjacent to an activating group) is 1. The lowest BCUT2D eigenvalue weighted by atomic mass is 10.0. The minimum atomic E-state index is -4.35. The van der Waals surface area contributed by atoms with Gasteiger partial charge in [0.1, 0.15) is 13.2 Å². The van der Waals surface area contributed by atoms with Crippen LogP contribution in [0.4, 0.5) is 0 Å². The maximum absolute atomic E-state index is 12.9. The summed E-state index contributed by atoms with van der Waals surface area (Å²) in [6.07, 6.45) is 57.6. The van der Waals surface area contributed by atoms with Crippen LogP contribution in [-0.4, -0.2) is 73.4 Å². The van der Waals surface area contributed by atoms with Crippen molar-refractivity contribution in [3.63, 3.8) is 0 Å². The van der Waals surface area contributed by atoms with Gasteiger partial charge < -0.3 is 19.8 Å². The number of allylic oxidation sites excluding steroid dienone is 7. The van der Waals surface area contributed by atoms with Gasteiger partial charge in [-0.25, -0.2) is 4.57 Å². The molecule has 0 aromatic rings. The molecule has 0 rings (SSSR count). The molecule has 0 saturated carbocycles. The van der Waals surface area contributed by atoms with Gasteiger partial charge in [0.25, 0.3) is 0 Å². The van der Waals surface area contributed by atoms with Crippen LogP contribution in [-0.2, 0) is 18.4 Å². The topological polar surface area (TPSA) is 105 Å². The summed E-state index contributed by atoms with van der Waals surface area (Å²) in [5.74, 6) is -0.190. The number of hydrogen-bond acceptors (Lipinski definition) is 5. The summed E-state index contributed by atoms with van der Waals surface area (Å²) in [6.45, 7) is 4.78. The molecule has 0 spiro atoms. The van der Waals surface area contributed by atoms with Crippen LogP contribution >= 0.6 is 7.82 Å². The first-order valence-corrected chi connectivity index (χ1v) is 27.5. The van der Waals surface area contributed by atoms with Crippen LogP contribution in [0.15, 0.2) is 48.6 Å². The Morgan fingerprint density at radius 1 is 0.548 bits per heavy atom. The molecule has 0 radical (unpaired) electrons. The van der Waals surface area contributed by atoms with Crippen LogP contribution in [0.25, 0.3) is 0 Å². The molecular weight excluding hydrogens is 792 g/mol. The average Bonchev–Trinajstić information content (AvgIpc) is 3.23. The second kappa shape index (κ2) is 44.7. The summed E-state index contributed by atoms with van der Waals surface area (Å²) in [5, 5.41) is 13.9. The van der Waals surface area contributed by atoms with Crippen molar-refractivity contribution in [2.75, 3.05) is 40.9 Å². The van der Waals surface area contributed by atoms with E-state index in [9.17, 15) is 19.4 Å². The number of phosphoric acid groups is 1. The van der Waals surface area contributed by atoms with Crippen molar-refractivity contribution in [3.05, 3.63) is 48.6 Å². The van der Waals surface area contributed by atoms with Gasteiger partial charge in [-0.2, -0.15) is 0 Å². The Morgan fingerprint density at radius 3 is 1.42 bits per heavy atom. The third-order valence-corrected chi connectivity index (χ3v) is 12.5. The zero-order valence-corrected chi connectivity index (χ0v) is 42.3. The van der Waals surface area contributed by atoms with Crippen molar-refractivity contribution in [2.24, 2.45) is 0 Å². The first-order chi connectivity index (χ1) is 30.0. The lowest BCUT2D eigenvalue weighted by Gasteiger charge is -2.25. The van der Waals surface area contributed by atoms with Gasteiger partial charge in [0, 0.05) is 6.42 Å². The van der Waals surface area contributed by atoms with E-state index in [0.29, 0.717) is 17.4 Å². The Hall–Kier alpha value is -1.54. The third kappa shape index (κ3) is 46.5. The average molecular weight is 894 g/mol. The van der Waals surface area contributed by atoms with Crippen LogP contribution in [0.2, 0.25) is 0 Å². The first kappa shape index (κ1) is 60.5. The summed E-state index contributed by atoms with van der Waals surface area (Å²) in [4.78, 5) is 23.2. The number of aliphatic hydroxyl groups excluding tert-OH is 1. The molecule has 0 aromatic carbocycles. The Bertz CT molecular complexity index is 1150. The molecule has 3 atom stereocenters. The second-order valence-corrected chi connectivity index (χ2v) is 20.4. The highest BCUT2D eigenvalue weighted by atomic mass is 31.2. The first-order valence-electron chi connectivity index (χ1n) is 26.0. The Labute approximate surface area is 384 Å². The molecule has 0 aliphatic rings. The van der Waals surface area contributed by atoms with Crippen LogP contribution in [0.1, 0.15) is 232 Å². The SMILES string of the molecule is CCCCC/C=C\C=C/CCCCCCCCCCCCC(=O)NC(COP(=O)(O)OCC[N+](C)(C)C)C(O)/C=C/CC/C=C/CCCCCCCCCCCCCCCCC. The molecule has 0 heterocycles. The van der Waals surface area contributed by atoms with Crippen LogP contribution < -0.4 is 5.32 Å². The van der Waals surface area contributed by atoms with Crippen molar-refractivity contribution in [2.45, 2.75) is 244 Å². The van der Waals surface area contributed by atoms with E-state index in [1.165, 1.54) is 173 Å². The number of rotatable bonds is 47. The van der Waals surface area contributed by atoms with E-state index < -0.39 is 20.0 Å². The monoisotopic (exact) mass is 894 g/mol. The minimum Gasteiger partial charge on any atom is -0.387 e. The highest BCUT2D eigenvalue weighted by Crippen LogP contribution is 2.43. The summed E-state index contributed by atoms with van der Waals surface area (Å²) in [7, 11) is 1.55. The molecule has 62 heavy (non-hydrogen) atoms. The second-order valence-electron chi connectivity index (χ2n) is 18.9. The summed E-state index contributed by atoms with van der Waals surface area (Å²) < 4.78 is 23.6. The molecule has 364 valence electrons. The van der Waals surface area contributed by atoms with E-state index in [2.05, 4.69) is 55.6 Å². The fourth-order valence-electron chi connectivity index (χ4n) is 7.40. The number of hydrogen-bond donors (Lipinski definition) is 3. The molecule has 0 aromatic heterocycles. The number of nitrogens with zero attached hydrogens (tertiary/aromatic N) is 1. The smallest absolute Gasteiger partial charge is 0.387 e. The number of amides is 1. The number of aliphatic hydroxyl groups is 1. The Kier molecular flexibility index (Phi) is 43.5. The maximum atomic E-state index is 12.9. The zero-order valence-electron chi connectivity index (χ0n) is 41.4. The predicted octanol–water partition coefficient (Wildman–Crippen LogP) is 15.2. The van der Waals surface area contributed by atoms with Crippen molar-refractivity contribution < 1.29 is 32.9 Å². The molecule has 0 aliphatic carbocycles. The number of quaternary nitrogens is 1. The van der Waals surface area contributed by atoms with E-state index in [-0.39, 0.29) is 19.1 Å². The molecule has 0 saturated heterocycles. The molecule has 0 aliphatic heterocycles. The standard InChI is InChI=1S/C53H101N2O6P/c1-6-8-10-12-14-16-18-20-22-24-26-27-29-30-32-34-36-38-40-42-44-46-52(56)51(50-61-62(58,59)60-49-48-55(3,4)5)54-53(57)47-45-43-41-39-37-35-33-31-28-25-23-21-19-17-15-13-11-9-7-2/h15,17,19,21,36,38,44,46,51-52,56H,6-14,16,18,20,22-35,37,39-43,45,47-50H2,1-5H3,(H-,54,57,58,59)/p+1/b17-15-,21-19-,38-36+,46-44+. The van der Waals surface area contributed by atoms with Crippen LogP contribution in [0.5, 0.6) is 0 Å². The van der Waals surface area contributed by atoms with Gasteiger partial charge in [0.2, 0.25) is 5.91 Å². The van der Waals surface area contributed by atoms with Crippen LogP contribution in [0.3, 0.4) is 0 Å². The minimum absolute atomic E-state index is 0.0547. The van der Waals surface area contributed by atoms with E-state index in [1.54, 1.807) is 6.08 Å². The number of carbonyl (C=O) groups excluding carboxylic acids is 1. The molecule has 0 fully saturated rings. The maximum Gasteiger partial charge on any atom is 0.472 e. The van der Waals surface area contributed by atoms with E-state index in [0.717, 1.165) is 38.5 Å². The number of phosphoric ester groups is 1. The Morgan fingerprint density at radius 2 is 0.935 bits per heavy atom. The van der Waals surface area contributed by atoms with Crippen molar-refractivity contribution in [1.29, 1.82) is 0 Å². The lowest BCUT2D eigenvalue weighted by molar-refractivity contribution is -0.870. The lowest BCUT2D eigenvalue weighted by Crippen LogP contribution is -2.45. The van der Waals surface area contributed by atoms with Crippen molar-refractivity contribution >= 4 is 13.7 Å². The van der Waals surface area contributed by atoms with Gasteiger partial charge in [0.15, 0.2) is 0 Å². The van der Waals surface area contributed by atoms with Crippen LogP contribution in [0, 0.1) is 0 Å². The van der Waals surface area contributed by atoms with Crippen molar-refractivity contribution in [1.82, 2.24) is 5.32 Å². The molecule has 9 heteroatoms. The highest BCUT2D eigenvalue weighted by Gasteiger charge is 2.27. The van der Waals surface area contributed by atoms with Gasteiger partial charge in [-0.3, -0.25) is 13.8 Å². The van der Waals surface area contributed by atoms with Gasteiger partial charge >= 0.3 is 7.82 Å². The fourth-order valence-corrected chi connectivity index (χ4v) is 8.14. The van der Waals surface area contributed by atoms with E-state index in [1.807, 2.05) is 27.2 Å². The van der Waals surface area contributed by atoms with Gasteiger partial charge in [-0.05, 0) is 57.8 Å². The number of carbonyl (C=O) groups is 1. The summed E-state index contributed by atoms with van der Waals surface area (Å²) in [5.41, 5.74) is 0. The highest BCUT2D eigenvalue weighted by molar-refractivity contribution is 7.47. The summed E-state index contributed by atoms with van der Waals surface area (Å²) >= 11 is 0. The molecule has 3 unspecified atom stereocenters. The van der Waals surface area contributed by atoms with Crippen molar-refractivity contribution in [3.8, 4) is 0 Å². The molecule has 8 nitrogen and oxygen atoms in total. The quantitative estimate of drug-likeness (QED) is 0.0185. The van der Waals surface area contributed by atoms with E-state index in [4.69, 9.17) is 9.05 Å². The molecular formula is C53H102N2O6P+. The zero-order chi connectivity index (χ0) is 45.7. The molecule has 0 bridgehead atoms. The number of nitrogens with one attached hydrogen (secondary N) is 1. The normalized spacial score (nSPS) is 14.5. The summed E-state index contributed by atoms with van der Waals surface area (Å²) in [6, 6.07) is -0.866. The van der Waals surface area contributed by atoms with Gasteiger partial charge in [0.05, 0.1) is 39.9 Å². The Balaban J connectivity index is 4.35. The van der Waals surface area contributed by atoms with E-state index >= 15 is 0 Å². The molecule has 1 amide bonds. The third-order valence-electron chi connectivity index (χ3n) is 11.5. The number of unbranched alkanes of at least 4 members (excludes halogenated alkanes) is 29. The molecule has 3 N–H and O–H groups in total.